The number of aliphatic hydroxyl groups excluding tert-OH is 1. The normalized spacial score (nSPS) is 17.6. The molecule has 2 atom stereocenters. The Balaban J connectivity index is 5.02. The summed E-state index contributed by atoms with van der Waals surface area (Å²) in [7, 11) is -1.80. The van der Waals surface area contributed by atoms with Crippen LogP contribution in [0.5, 0.6) is 0 Å². The highest BCUT2D eigenvalue weighted by atomic mass is 28.4. The van der Waals surface area contributed by atoms with Crippen molar-refractivity contribution >= 4 is 8.32 Å². The quantitative estimate of drug-likeness (QED) is 0.534. The van der Waals surface area contributed by atoms with Crippen LogP contribution < -0.4 is 0 Å². The number of allylic oxidation sites excluding steroid dienone is 3. The van der Waals surface area contributed by atoms with Crippen LogP contribution in [0.2, 0.25) is 18.1 Å². The second kappa shape index (κ2) is 8.16. The molecule has 0 heterocycles. The molecule has 0 saturated heterocycles. The molecule has 0 aliphatic carbocycles. The number of hydrogen-bond acceptors (Lipinski definition) is 2. The van der Waals surface area contributed by atoms with E-state index in [9.17, 15) is 5.11 Å². The summed E-state index contributed by atoms with van der Waals surface area (Å²) < 4.78 is 6.49. The highest BCUT2D eigenvalue weighted by Gasteiger charge is 2.39. The zero-order chi connectivity index (χ0) is 16.0. The fraction of sp³-hybridized carbons (Fsp3) is 0.765. The molecule has 20 heavy (non-hydrogen) atoms. The third kappa shape index (κ3) is 6.38. The number of hydrogen-bond donors (Lipinski definition) is 1. The van der Waals surface area contributed by atoms with Gasteiger partial charge in [-0.1, -0.05) is 51.5 Å². The molecule has 1 N–H and O–H groups in total. The molecule has 0 unspecified atom stereocenters. The third-order valence-electron chi connectivity index (χ3n) is 4.21. The van der Waals surface area contributed by atoms with E-state index in [4.69, 9.17) is 4.43 Å². The largest absolute Gasteiger partial charge is 0.413 e. The van der Waals surface area contributed by atoms with Gasteiger partial charge < -0.3 is 9.53 Å². The second-order valence-electron chi connectivity index (χ2n) is 7.20. The van der Waals surface area contributed by atoms with E-state index < -0.39 is 8.32 Å². The van der Waals surface area contributed by atoms with Crippen LogP contribution in [0.1, 0.15) is 48.0 Å². The SMILES string of the molecule is C/C=C\C(C)=C\[C@H](C)[C@H](CCO)O[Si](C)(C)C(C)(C)C. The lowest BCUT2D eigenvalue weighted by Crippen LogP contribution is -2.45. The Morgan fingerprint density at radius 3 is 2.25 bits per heavy atom. The predicted molar refractivity (Wildman–Crippen MR) is 91.5 cm³/mol. The molecule has 0 rings (SSSR count). The lowest BCUT2D eigenvalue weighted by atomic mass is 9.99. The van der Waals surface area contributed by atoms with Crippen molar-refractivity contribution in [3.05, 3.63) is 23.8 Å². The zero-order valence-corrected chi connectivity index (χ0v) is 15.7. The van der Waals surface area contributed by atoms with Gasteiger partial charge >= 0.3 is 0 Å². The van der Waals surface area contributed by atoms with Crippen molar-refractivity contribution in [2.45, 2.75) is 72.2 Å². The van der Waals surface area contributed by atoms with Crippen LogP contribution >= 0.6 is 0 Å². The molecule has 0 fully saturated rings. The minimum atomic E-state index is -1.80. The maximum atomic E-state index is 9.32. The topological polar surface area (TPSA) is 29.5 Å². The molecule has 0 spiro atoms. The molecule has 118 valence electrons. The van der Waals surface area contributed by atoms with Crippen molar-refractivity contribution in [2.75, 3.05) is 6.61 Å². The van der Waals surface area contributed by atoms with Crippen molar-refractivity contribution in [1.82, 2.24) is 0 Å². The Morgan fingerprint density at radius 1 is 1.30 bits per heavy atom. The summed E-state index contributed by atoms with van der Waals surface area (Å²) in [6, 6.07) is 0. The smallest absolute Gasteiger partial charge is 0.192 e. The third-order valence-corrected chi connectivity index (χ3v) is 8.71. The molecule has 0 aromatic heterocycles. The van der Waals surface area contributed by atoms with Crippen molar-refractivity contribution in [3.8, 4) is 0 Å². The summed E-state index contributed by atoms with van der Waals surface area (Å²) in [5.41, 5.74) is 1.25. The van der Waals surface area contributed by atoms with Crippen molar-refractivity contribution in [1.29, 1.82) is 0 Å². The van der Waals surface area contributed by atoms with Gasteiger partial charge in [-0.15, -0.1) is 0 Å². The summed E-state index contributed by atoms with van der Waals surface area (Å²) in [6.07, 6.45) is 7.20. The highest BCUT2D eigenvalue weighted by Crippen LogP contribution is 2.38. The van der Waals surface area contributed by atoms with Gasteiger partial charge in [0.1, 0.15) is 0 Å². The van der Waals surface area contributed by atoms with E-state index in [2.05, 4.69) is 59.9 Å². The minimum absolute atomic E-state index is 0.0982. The molecule has 0 aliphatic heterocycles. The summed E-state index contributed by atoms with van der Waals surface area (Å²) >= 11 is 0. The molecule has 0 aromatic carbocycles. The van der Waals surface area contributed by atoms with Gasteiger partial charge in [0.2, 0.25) is 0 Å². The molecule has 3 heteroatoms. The van der Waals surface area contributed by atoms with Crippen LogP contribution in [0, 0.1) is 5.92 Å². The van der Waals surface area contributed by atoms with Crippen LogP contribution in [-0.4, -0.2) is 26.1 Å². The van der Waals surface area contributed by atoms with E-state index >= 15 is 0 Å². The monoisotopic (exact) mass is 298 g/mol. The molecule has 2 nitrogen and oxygen atoms in total. The van der Waals surface area contributed by atoms with Gasteiger partial charge in [-0.2, -0.15) is 0 Å². The standard InChI is InChI=1S/C17H34O2Si/c1-9-10-14(2)13-15(3)16(11-12-18)19-20(7,8)17(4,5)6/h9-10,13,15-16,18H,11-12H2,1-8H3/b10-9-,14-13+/t15-,16-/m0/s1. The van der Waals surface area contributed by atoms with Gasteiger partial charge in [0.25, 0.3) is 0 Å². The van der Waals surface area contributed by atoms with Crippen LogP contribution in [0.15, 0.2) is 23.8 Å². The number of aliphatic hydroxyl groups is 1. The van der Waals surface area contributed by atoms with Gasteiger partial charge in [-0.05, 0) is 44.3 Å². The first kappa shape index (κ1) is 19.6. The molecular formula is C17H34O2Si. The minimum Gasteiger partial charge on any atom is -0.413 e. The van der Waals surface area contributed by atoms with Gasteiger partial charge in [-0.3, -0.25) is 0 Å². The first-order chi connectivity index (χ1) is 9.05. The average Bonchev–Trinajstić information content (AvgIpc) is 2.26. The maximum absolute atomic E-state index is 9.32. The van der Waals surface area contributed by atoms with Gasteiger partial charge in [0.15, 0.2) is 8.32 Å². The van der Waals surface area contributed by atoms with Gasteiger partial charge in [0.05, 0.1) is 6.10 Å². The molecule has 0 bridgehead atoms. The highest BCUT2D eigenvalue weighted by molar-refractivity contribution is 6.74. The maximum Gasteiger partial charge on any atom is 0.192 e. The van der Waals surface area contributed by atoms with Crippen LogP contribution in [-0.2, 0) is 4.43 Å². The van der Waals surface area contributed by atoms with E-state index in [1.54, 1.807) is 0 Å². The van der Waals surface area contributed by atoms with E-state index in [1.165, 1.54) is 5.57 Å². The average molecular weight is 299 g/mol. The van der Waals surface area contributed by atoms with Crippen molar-refractivity contribution in [3.63, 3.8) is 0 Å². The lowest BCUT2D eigenvalue weighted by molar-refractivity contribution is 0.111. The number of rotatable bonds is 7. The van der Waals surface area contributed by atoms with E-state index in [0.29, 0.717) is 12.3 Å². The molecule has 0 amide bonds. The Morgan fingerprint density at radius 2 is 1.85 bits per heavy atom. The molecule has 0 radical (unpaired) electrons. The summed E-state index contributed by atoms with van der Waals surface area (Å²) in [4.78, 5) is 0. The van der Waals surface area contributed by atoms with Crippen LogP contribution in [0.25, 0.3) is 0 Å². The Bertz CT molecular complexity index is 337. The van der Waals surface area contributed by atoms with E-state index in [-0.39, 0.29) is 17.7 Å². The van der Waals surface area contributed by atoms with E-state index in [1.807, 2.05) is 13.0 Å². The lowest BCUT2D eigenvalue weighted by Gasteiger charge is -2.40. The fourth-order valence-corrected chi connectivity index (χ4v) is 3.39. The predicted octanol–water partition coefficient (Wildman–Crippen LogP) is 4.92. The van der Waals surface area contributed by atoms with Crippen molar-refractivity contribution in [2.24, 2.45) is 5.92 Å². The van der Waals surface area contributed by atoms with Crippen LogP contribution in [0.3, 0.4) is 0 Å². The summed E-state index contributed by atoms with van der Waals surface area (Å²) in [6.45, 7) is 17.8. The van der Waals surface area contributed by atoms with Gasteiger partial charge in [-0.25, -0.2) is 0 Å². The molecule has 0 aromatic rings. The first-order valence-electron chi connectivity index (χ1n) is 7.65. The summed E-state index contributed by atoms with van der Waals surface area (Å²) in [5.74, 6) is 0.312. The Labute approximate surface area is 127 Å². The first-order valence-corrected chi connectivity index (χ1v) is 10.6. The second-order valence-corrected chi connectivity index (χ2v) is 12.0. The fourth-order valence-electron chi connectivity index (χ4n) is 1.95. The Kier molecular flexibility index (Phi) is 8.00. The molecule has 0 saturated carbocycles. The van der Waals surface area contributed by atoms with E-state index in [0.717, 1.165) is 0 Å². The zero-order valence-electron chi connectivity index (χ0n) is 14.7. The molecular weight excluding hydrogens is 264 g/mol. The van der Waals surface area contributed by atoms with Crippen molar-refractivity contribution < 1.29 is 9.53 Å². The Hall–Kier alpha value is -0.383. The molecule has 0 aliphatic rings. The van der Waals surface area contributed by atoms with Gasteiger partial charge in [0, 0.05) is 6.61 Å². The van der Waals surface area contributed by atoms with Crippen LogP contribution in [0.4, 0.5) is 0 Å². The summed E-state index contributed by atoms with van der Waals surface area (Å²) in [5, 5.41) is 9.52.